The topological polar surface area (TPSA) is 67.2 Å². The lowest BCUT2D eigenvalue weighted by atomic mass is 9.93. The van der Waals surface area contributed by atoms with Gasteiger partial charge in [-0.1, -0.05) is 12.1 Å². The Kier molecular flexibility index (Phi) is 6.68. The zero-order valence-electron chi connectivity index (χ0n) is 15.9. The molecule has 1 unspecified atom stereocenters. The van der Waals surface area contributed by atoms with E-state index in [2.05, 4.69) is 9.80 Å². The number of likely N-dealkylation sites (tertiary alicyclic amines) is 2. The molecule has 1 amide bonds. The van der Waals surface area contributed by atoms with Crippen molar-refractivity contribution in [2.75, 3.05) is 46.3 Å². The predicted molar refractivity (Wildman–Crippen MR) is 101 cm³/mol. The van der Waals surface area contributed by atoms with Crippen LogP contribution in [0.5, 0.6) is 0 Å². The van der Waals surface area contributed by atoms with Gasteiger partial charge >= 0.3 is 6.09 Å². The molecule has 0 saturated carbocycles. The number of benzene rings is 1. The molecule has 7 heteroatoms. The summed E-state index contributed by atoms with van der Waals surface area (Å²) in [6.45, 7) is 5.31. The number of carbonyl (C=O) groups is 1. The number of aliphatic hydroxyl groups excluding tert-OH is 1. The lowest BCUT2D eigenvalue weighted by Gasteiger charge is -2.47. The summed E-state index contributed by atoms with van der Waals surface area (Å²) in [5.74, 6) is -0.225. The molecule has 2 saturated heterocycles. The van der Waals surface area contributed by atoms with Gasteiger partial charge in [0.2, 0.25) is 0 Å². The number of piperidine rings is 1. The number of hydrogen-bond acceptors (Lipinski definition) is 4. The maximum absolute atomic E-state index is 13.2. The third kappa shape index (κ3) is 5.40. The monoisotopic (exact) mass is 379 g/mol. The molecule has 2 N–H and O–H groups in total. The quantitative estimate of drug-likeness (QED) is 0.759. The molecule has 27 heavy (non-hydrogen) atoms. The minimum absolute atomic E-state index is 0.0517. The molecule has 0 bridgehead atoms. The molecule has 2 aliphatic rings. The third-order valence-electron chi connectivity index (χ3n) is 5.91. The minimum atomic E-state index is -0.946. The standard InChI is InChI=1S/C20H30FN3O3/c1-22(20(26)27)12-16(15-2-4-17(21)5-3-15)6-9-23-13-18(14-23)24-10-7-19(25)8-11-24/h2-5,16,18-19,25H,6-14H2,1H3,(H,26,27). The van der Waals surface area contributed by atoms with E-state index in [1.54, 1.807) is 19.2 Å². The van der Waals surface area contributed by atoms with Crippen LogP contribution in [0, 0.1) is 5.82 Å². The molecule has 2 aliphatic heterocycles. The van der Waals surface area contributed by atoms with Crippen molar-refractivity contribution in [1.29, 1.82) is 0 Å². The molecule has 1 aromatic carbocycles. The molecule has 0 aliphatic carbocycles. The van der Waals surface area contributed by atoms with E-state index in [9.17, 15) is 19.4 Å². The van der Waals surface area contributed by atoms with Crippen LogP contribution in [-0.4, -0.2) is 89.5 Å². The summed E-state index contributed by atoms with van der Waals surface area (Å²) in [7, 11) is 1.57. The van der Waals surface area contributed by atoms with Crippen LogP contribution in [0.4, 0.5) is 9.18 Å². The first kappa shape index (κ1) is 20.0. The van der Waals surface area contributed by atoms with E-state index in [0.717, 1.165) is 57.5 Å². The van der Waals surface area contributed by atoms with Gasteiger partial charge in [0.1, 0.15) is 5.82 Å². The minimum Gasteiger partial charge on any atom is -0.465 e. The Balaban J connectivity index is 1.49. The highest BCUT2D eigenvalue weighted by atomic mass is 19.1. The first-order valence-corrected chi connectivity index (χ1v) is 9.76. The van der Waals surface area contributed by atoms with E-state index >= 15 is 0 Å². The second-order valence-corrected chi connectivity index (χ2v) is 7.88. The summed E-state index contributed by atoms with van der Waals surface area (Å²) in [4.78, 5) is 17.4. The zero-order valence-corrected chi connectivity index (χ0v) is 15.9. The van der Waals surface area contributed by atoms with E-state index < -0.39 is 6.09 Å². The van der Waals surface area contributed by atoms with Gasteiger partial charge in [0.15, 0.2) is 0 Å². The maximum atomic E-state index is 13.2. The molecule has 150 valence electrons. The van der Waals surface area contributed by atoms with Crippen LogP contribution in [0.25, 0.3) is 0 Å². The lowest BCUT2D eigenvalue weighted by Crippen LogP contribution is -2.61. The van der Waals surface area contributed by atoms with Gasteiger partial charge in [0.25, 0.3) is 0 Å². The van der Waals surface area contributed by atoms with Crippen molar-refractivity contribution in [3.8, 4) is 0 Å². The van der Waals surface area contributed by atoms with Gasteiger partial charge in [-0.25, -0.2) is 9.18 Å². The summed E-state index contributed by atoms with van der Waals surface area (Å²) in [5.41, 5.74) is 0.978. The van der Waals surface area contributed by atoms with Crippen LogP contribution in [0.1, 0.15) is 30.7 Å². The third-order valence-corrected chi connectivity index (χ3v) is 5.91. The Morgan fingerprint density at radius 3 is 2.48 bits per heavy atom. The number of rotatable bonds is 7. The summed E-state index contributed by atoms with van der Waals surface area (Å²) in [5, 5.41) is 18.8. The zero-order chi connectivity index (χ0) is 19.4. The number of nitrogens with zero attached hydrogens (tertiary/aromatic N) is 3. The molecule has 0 aromatic heterocycles. The van der Waals surface area contributed by atoms with Crippen molar-refractivity contribution >= 4 is 6.09 Å². The van der Waals surface area contributed by atoms with Crippen molar-refractivity contribution in [3.05, 3.63) is 35.6 Å². The second kappa shape index (κ2) is 8.99. The molecular weight excluding hydrogens is 349 g/mol. The fourth-order valence-corrected chi connectivity index (χ4v) is 4.05. The van der Waals surface area contributed by atoms with E-state index in [0.29, 0.717) is 12.6 Å². The Morgan fingerprint density at radius 2 is 1.89 bits per heavy atom. The van der Waals surface area contributed by atoms with Crippen LogP contribution in [0.2, 0.25) is 0 Å². The Bertz CT molecular complexity index is 613. The van der Waals surface area contributed by atoms with E-state index in [1.807, 2.05) is 0 Å². The average Bonchev–Trinajstić information content (AvgIpc) is 2.61. The number of likely N-dealkylation sites (N-methyl/N-ethyl adjacent to an activating group) is 1. The van der Waals surface area contributed by atoms with Crippen LogP contribution in [0.15, 0.2) is 24.3 Å². The highest BCUT2D eigenvalue weighted by Crippen LogP contribution is 2.25. The molecule has 1 atom stereocenters. The fraction of sp³-hybridized carbons (Fsp3) is 0.650. The van der Waals surface area contributed by atoms with Crippen LogP contribution < -0.4 is 0 Å². The van der Waals surface area contributed by atoms with Gasteiger partial charge in [0.05, 0.1) is 6.10 Å². The highest BCUT2D eigenvalue weighted by Gasteiger charge is 2.33. The van der Waals surface area contributed by atoms with Gasteiger partial charge in [-0.2, -0.15) is 0 Å². The molecule has 1 aromatic rings. The maximum Gasteiger partial charge on any atom is 0.407 e. The Labute approximate surface area is 160 Å². The van der Waals surface area contributed by atoms with Crippen molar-refractivity contribution in [2.24, 2.45) is 0 Å². The summed E-state index contributed by atoms with van der Waals surface area (Å²) >= 11 is 0. The van der Waals surface area contributed by atoms with Crippen molar-refractivity contribution in [2.45, 2.75) is 37.3 Å². The number of halogens is 1. The molecule has 3 rings (SSSR count). The summed E-state index contributed by atoms with van der Waals surface area (Å²) in [6.07, 6.45) is 1.49. The van der Waals surface area contributed by atoms with Gasteiger partial charge in [0, 0.05) is 51.7 Å². The predicted octanol–water partition coefficient (Wildman–Crippen LogP) is 2.05. The number of carboxylic acid groups (broad SMARTS) is 1. The average molecular weight is 379 g/mol. The molecular formula is C20H30FN3O3. The Morgan fingerprint density at radius 1 is 1.26 bits per heavy atom. The first-order valence-electron chi connectivity index (χ1n) is 9.76. The van der Waals surface area contributed by atoms with Crippen molar-refractivity contribution in [1.82, 2.24) is 14.7 Å². The molecule has 2 heterocycles. The summed E-state index contributed by atoms with van der Waals surface area (Å²) in [6, 6.07) is 6.96. The van der Waals surface area contributed by atoms with Gasteiger partial charge in [-0.3, -0.25) is 4.90 Å². The first-order chi connectivity index (χ1) is 12.9. The molecule has 6 nitrogen and oxygen atoms in total. The second-order valence-electron chi connectivity index (χ2n) is 7.88. The summed E-state index contributed by atoms with van der Waals surface area (Å²) < 4.78 is 13.2. The van der Waals surface area contributed by atoms with E-state index in [1.165, 1.54) is 17.0 Å². The van der Waals surface area contributed by atoms with E-state index in [4.69, 9.17) is 0 Å². The van der Waals surface area contributed by atoms with Gasteiger partial charge < -0.3 is 20.0 Å². The van der Waals surface area contributed by atoms with Crippen LogP contribution in [0.3, 0.4) is 0 Å². The molecule has 0 radical (unpaired) electrons. The Hall–Kier alpha value is -1.70. The normalized spacial score (nSPS) is 21.0. The van der Waals surface area contributed by atoms with Crippen molar-refractivity contribution in [3.63, 3.8) is 0 Å². The smallest absolute Gasteiger partial charge is 0.407 e. The SMILES string of the molecule is CN(CC(CCN1CC(N2CCC(O)CC2)C1)c1ccc(F)cc1)C(=O)O. The highest BCUT2D eigenvalue weighted by molar-refractivity contribution is 5.64. The van der Waals surface area contributed by atoms with Crippen molar-refractivity contribution < 1.29 is 19.4 Å². The lowest BCUT2D eigenvalue weighted by molar-refractivity contribution is -0.00542. The molecule has 2 fully saturated rings. The molecule has 0 spiro atoms. The largest absolute Gasteiger partial charge is 0.465 e. The van der Waals surface area contributed by atoms with Gasteiger partial charge in [-0.05, 0) is 43.5 Å². The number of aliphatic hydroxyl groups is 1. The van der Waals surface area contributed by atoms with Crippen LogP contribution in [-0.2, 0) is 0 Å². The number of amides is 1. The fourth-order valence-electron chi connectivity index (χ4n) is 4.05. The van der Waals surface area contributed by atoms with Gasteiger partial charge in [-0.15, -0.1) is 0 Å². The number of hydrogen-bond donors (Lipinski definition) is 2. The van der Waals surface area contributed by atoms with Crippen LogP contribution >= 0.6 is 0 Å². The van der Waals surface area contributed by atoms with E-state index in [-0.39, 0.29) is 17.8 Å².